The van der Waals surface area contributed by atoms with Crippen LogP contribution in [0.5, 0.6) is 0 Å². The summed E-state index contributed by atoms with van der Waals surface area (Å²) in [6.45, 7) is 4.12. The summed E-state index contributed by atoms with van der Waals surface area (Å²) < 4.78 is 0. The van der Waals surface area contributed by atoms with Crippen LogP contribution in [0.15, 0.2) is 0 Å². The van der Waals surface area contributed by atoms with Crippen molar-refractivity contribution in [2.75, 3.05) is 26.2 Å². The maximum atomic E-state index is 11.3. The van der Waals surface area contributed by atoms with E-state index in [1.807, 2.05) is 0 Å². The molecule has 2 saturated heterocycles. The SMILES string of the molecule is N#CCC1(CN2CCC(N3CCCC3C(=O)O)CC2)CC1. The van der Waals surface area contributed by atoms with Crippen LogP contribution in [0.2, 0.25) is 0 Å². The van der Waals surface area contributed by atoms with E-state index in [-0.39, 0.29) is 6.04 Å². The first-order valence-corrected chi connectivity index (χ1v) is 8.21. The Morgan fingerprint density at radius 1 is 1.24 bits per heavy atom. The van der Waals surface area contributed by atoms with Gasteiger partial charge in [-0.25, -0.2) is 0 Å². The summed E-state index contributed by atoms with van der Waals surface area (Å²) in [4.78, 5) is 16.0. The van der Waals surface area contributed by atoms with Crippen molar-refractivity contribution in [2.45, 2.75) is 57.0 Å². The van der Waals surface area contributed by atoms with Gasteiger partial charge in [-0.3, -0.25) is 9.69 Å². The lowest BCUT2D eigenvalue weighted by Crippen LogP contribution is -2.49. The molecule has 1 atom stereocenters. The number of likely N-dealkylation sites (tertiary alicyclic amines) is 2. The third-order valence-electron chi connectivity index (χ3n) is 5.58. The molecule has 0 aromatic rings. The van der Waals surface area contributed by atoms with Crippen molar-refractivity contribution < 1.29 is 9.90 Å². The molecule has 3 fully saturated rings. The first-order valence-electron chi connectivity index (χ1n) is 8.21. The van der Waals surface area contributed by atoms with E-state index < -0.39 is 5.97 Å². The smallest absolute Gasteiger partial charge is 0.320 e. The van der Waals surface area contributed by atoms with Gasteiger partial charge in [0.15, 0.2) is 0 Å². The summed E-state index contributed by atoms with van der Waals surface area (Å²) in [7, 11) is 0. The van der Waals surface area contributed by atoms with Crippen LogP contribution < -0.4 is 0 Å². The molecule has 2 heterocycles. The fourth-order valence-electron chi connectivity index (χ4n) is 4.11. The highest BCUT2D eigenvalue weighted by Crippen LogP contribution is 2.49. The van der Waals surface area contributed by atoms with Gasteiger partial charge in [-0.05, 0) is 63.6 Å². The van der Waals surface area contributed by atoms with Crippen LogP contribution in [0, 0.1) is 16.7 Å². The van der Waals surface area contributed by atoms with Crippen LogP contribution in [0.1, 0.15) is 44.9 Å². The minimum Gasteiger partial charge on any atom is -0.480 e. The van der Waals surface area contributed by atoms with Crippen molar-refractivity contribution in [3.05, 3.63) is 0 Å². The van der Waals surface area contributed by atoms with Crippen molar-refractivity contribution in [3.63, 3.8) is 0 Å². The summed E-state index contributed by atoms with van der Waals surface area (Å²) in [5.74, 6) is -0.652. The molecule has 0 amide bonds. The van der Waals surface area contributed by atoms with E-state index >= 15 is 0 Å². The number of hydrogen-bond acceptors (Lipinski definition) is 4. The molecule has 116 valence electrons. The first-order chi connectivity index (χ1) is 10.1. The second kappa shape index (κ2) is 5.94. The minimum absolute atomic E-state index is 0.255. The molecular formula is C16H25N3O2. The van der Waals surface area contributed by atoms with E-state index in [1.165, 1.54) is 12.8 Å². The Labute approximate surface area is 126 Å². The molecule has 3 rings (SSSR count). The molecule has 0 aromatic heterocycles. The van der Waals surface area contributed by atoms with E-state index in [4.69, 9.17) is 5.26 Å². The number of nitriles is 1. The number of piperidine rings is 1. The Bertz CT molecular complexity index is 433. The normalized spacial score (nSPS) is 30.1. The third kappa shape index (κ3) is 3.22. The van der Waals surface area contributed by atoms with Gasteiger partial charge in [0.1, 0.15) is 6.04 Å². The van der Waals surface area contributed by atoms with Crippen LogP contribution in [-0.2, 0) is 4.79 Å². The zero-order valence-electron chi connectivity index (χ0n) is 12.6. The predicted molar refractivity (Wildman–Crippen MR) is 78.7 cm³/mol. The number of carboxylic acid groups (broad SMARTS) is 1. The topological polar surface area (TPSA) is 67.6 Å². The van der Waals surface area contributed by atoms with E-state index in [9.17, 15) is 9.90 Å². The molecule has 0 aromatic carbocycles. The van der Waals surface area contributed by atoms with Gasteiger partial charge in [-0.2, -0.15) is 5.26 Å². The average Bonchev–Trinajstić information content (AvgIpc) is 3.04. The lowest BCUT2D eigenvalue weighted by Gasteiger charge is -2.39. The standard InChI is InChI=1S/C16H25N3O2/c17-8-7-16(5-6-16)12-18-10-3-13(4-11-18)19-9-1-2-14(19)15(20)21/h13-14H,1-7,9-12H2,(H,20,21). The predicted octanol–water partition coefficient (Wildman–Crippen LogP) is 1.69. The number of carbonyl (C=O) groups is 1. The van der Waals surface area contributed by atoms with Crippen LogP contribution >= 0.6 is 0 Å². The second-order valence-electron chi connectivity index (χ2n) is 7.08. The largest absolute Gasteiger partial charge is 0.480 e. The molecule has 1 unspecified atom stereocenters. The lowest BCUT2D eigenvalue weighted by atomic mass is 9.98. The van der Waals surface area contributed by atoms with Crippen LogP contribution in [-0.4, -0.2) is 59.1 Å². The minimum atomic E-state index is -0.652. The highest BCUT2D eigenvalue weighted by atomic mass is 16.4. The summed E-state index contributed by atoms with van der Waals surface area (Å²) in [6, 6.07) is 2.52. The van der Waals surface area contributed by atoms with Crippen LogP contribution in [0.3, 0.4) is 0 Å². The Balaban J connectivity index is 1.49. The van der Waals surface area contributed by atoms with Crippen molar-refractivity contribution in [3.8, 4) is 6.07 Å². The van der Waals surface area contributed by atoms with Crippen molar-refractivity contribution in [1.82, 2.24) is 9.80 Å². The van der Waals surface area contributed by atoms with Crippen molar-refractivity contribution in [1.29, 1.82) is 5.26 Å². The number of hydrogen-bond donors (Lipinski definition) is 1. The maximum Gasteiger partial charge on any atom is 0.320 e. The van der Waals surface area contributed by atoms with Gasteiger partial charge in [-0.1, -0.05) is 0 Å². The molecule has 2 aliphatic heterocycles. The lowest BCUT2D eigenvalue weighted by molar-refractivity contribution is -0.143. The number of aliphatic carboxylic acids is 1. The van der Waals surface area contributed by atoms with E-state index in [0.29, 0.717) is 17.9 Å². The zero-order chi connectivity index (χ0) is 14.9. The molecule has 3 aliphatic rings. The van der Waals surface area contributed by atoms with Gasteiger partial charge < -0.3 is 10.0 Å². The summed E-state index contributed by atoms with van der Waals surface area (Å²) in [5.41, 5.74) is 0.291. The molecule has 21 heavy (non-hydrogen) atoms. The Kier molecular flexibility index (Phi) is 4.19. The molecule has 1 saturated carbocycles. The van der Waals surface area contributed by atoms with E-state index in [2.05, 4.69) is 15.9 Å². The number of nitrogens with zero attached hydrogens (tertiary/aromatic N) is 3. The molecule has 0 spiro atoms. The highest BCUT2D eigenvalue weighted by molar-refractivity contribution is 5.73. The fraction of sp³-hybridized carbons (Fsp3) is 0.875. The molecular weight excluding hydrogens is 266 g/mol. The third-order valence-corrected chi connectivity index (χ3v) is 5.58. The highest BCUT2D eigenvalue weighted by Gasteiger charge is 2.44. The average molecular weight is 291 g/mol. The first kappa shape index (κ1) is 14.8. The molecule has 1 N–H and O–H groups in total. The molecule has 0 radical (unpaired) electrons. The van der Waals surface area contributed by atoms with Crippen LogP contribution in [0.25, 0.3) is 0 Å². The Morgan fingerprint density at radius 2 is 1.95 bits per heavy atom. The Hall–Kier alpha value is -1.12. The van der Waals surface area contributed by atoms with E-state index in [1.54, 1.807) is 0 Å². The molecule has 5 nitrogen and oxygen atoms in total. The summed E-state index contributed by atoms with van der Waals surface area (Å²) in [5, 5.41) is 18.2. The molecule has 5 heteroatoms. The molecule has 0 bridgehead atoms. The summed E-state index contributed by atoms with van der Waals surface area (Å²) >= 11 is 0. The van der Waals surface area contributed by atoms with Crippen LogP contribution in [0.4, 0.5) is 0 Å². The van der Waals surface area contributed by atoms with Gasteiger partial charge in [0, 0.05) is 19.0 Å². The van der Waals surface area contributed by atoms with Gasteiger partial charge in [0.25, 0.3) is 0 Å². The summed E-state index contributed by atoms with van der Waals surface area (Å²) in [6.07, 6.45) is 7.07. The second-order valence-corrected chi connectivity index (χ2v) is 7.08. The number of carboxylic acids is 1. The van der Waals surface area contributed by atoms with Gasteiger partial charge in [0.2, 0.25) is 0 Å². The van der Waals surface area contributed by atoms with Crippen molar-refractivity contribution in [2.24, 2.45) is 5.41 Å². The quantitative estimate of drug-likeness (QED) is 0.835. The van der Waals surface area contributed by atoms with Gasteiger partial charge >= 0.3 is 5.97 Å². The van der Waals surface area contributed by atoms with E-state index in [0.717, 1.165) is 51.9 Å². The molecule has 1 aliphatic carbocycles. The fourth-order valence-corrected chi connectivity index (χ4v) is 4.11. The maximum absolute atomic E-state index is 11.3. The van der Waals surface area contributed by atoms with Crippen molar-refractivity contribution >= 4 is 5.97 Å². The Morgan fingerprint density at radius 3 is 2.52 bits per heavy atom. The zero-order valence-corrected chi connectivity index (χ0v) is 12.6. The van der Waals surface area contributed by atoms with Gasteiger partial charge in [0.05, 0.1) is 6.07 Å². The monoisotopic (exact) mass is 291 g/mol. The number of rotatable bonds is 5. The van der Waals surface area contributed by atoms with Gasteiger partial charge in [-0.15, -0.1) is 0 Å².